The summed E-state index contributed by atoms with van der Waals surface area (Å²) >= 11 is 0. The zero-order valence-corrected chi connectivity index (χ0v) is 19.5. The summed E-state index contributed by atoms with van der Waals surface area (Å²) < 4.78 is 41.0. The highest BCUT2D eigenvalue weighted by Gasteiger charge is 2.73. The van der Waals surface area contributed by atoms with Crippen LogP contribution in [0, 0.1) is 0 Å². The van der Waals surface area contributed by atoms with E-state index in [-0.39, 0.29) is 43.4 Å². The Hall–Kier alpha value is -4.12. The number of rotatable bonds is 5. The van der Waals surface area contributed by atoms with Gasteiger partial charge in [0, 0.05) is 24.9 Å². The lowest BCUT2D eigenvalue weighted by atomic mass is 9.84. The number of benzene rings is 1. The maximum atomic E-state index is 12.9. The molecule has 1 unspecified atom stereocenters. The summed E-state index contributed by atoms with van der Waals surface area (Å²) in [5, 5.41) is 28.0. The van der Waals surface area contributed by atoms with Crippen molar-refractivity contribution in [2.75, 3.05) is 13.1 Å². The molecule has 0 bridgehead atoms. The van der Waals surface area contributed by atoms with E-state index in [2.05, 4.69) is 25.4 Å². The van der Waals surface area contributed by atoms with Gasteiger partial charge in [-0.15, -0.1) is 13.2 Å². The molecule has 4 aliphatic heterocycles. The van der Waals surface area contributed by atoms with E-state index in [1.54, 1.807) is 0 Å². The van der Waals surface area contributed by atoms with Crippen LogP contribution < -0.4 is 26.8 Å². The van der Waals surface area contributed by atoms with E-state index in [9.17, 15) is 37.8 Å². The second kappa shape index (κ2) is 8.45. The fraction of sp³-hybridized carbons (Fsp3) is 0.476. The molecule has 17 heteroatoms. The van der Waals surface area contributed by atoms with Gasteiger partial charge in [0.2, 0.25) is 17.6 Å². The molecule has 2 saturated heterocycles. The van der Waals surface area contributed by atoms with E-state index in [4.69, 9.17) is 11.5 Å². The molecule has 5 rings (SSSR count). The van der Waals surface area contributed by atoms with Gasteiger partial charge in [-0.05, 0) is 24.3 Å². The lowest BCUT2D eigenvalue weighted by Crippen LogP contribution is -2.78. The van der Waals surface area contributed by atoms with Gasteiger partial charge >= 0.3 is 6.36 Å². The Bertz CT molecular complexity index is 1240. The van der Waals surface area contributed by atoms with Gasteiger partial charge in [-0.25, -0.2) is 9.98 Å². The normalized spacial score (nSPS) is 29.9. The number of likely N-dealkylation sites (tertiary alicyclic amines) is 1. The highest BCUT2D eigenvalue weighted by atomic mass is 19.4. The van der Waals surface area contributed by atoms with Gasteiger partial charge in [-0.3, -0.25) is 19.3 Å². The van der Waals surface area contributed by atoms with Crippen LogP contribution in [0.15, 0.2) is 34.3 Å². The highest BCUT2D eigenvalue weighted by Crippen LogP contribution is 2.45. The average Bonchev–Trinajstić information content (AvgIpc) is 3.41. The van der Waals surface area contributed by atoms with Crippen molar-refractivity contribution in [3.63, 3.8) is 0 Å². The molecule has 0 aromatic heterocycles. The van der Waals surface area contributed by atoms with E-state index < -0.39 is 59.4 Å². The molecule has 0 radical (unpaired) electrons. The molecule has 204 valence electrons. The minimum absolute atomic E-state index is 0.0394. The van der Waals surface area contributed by atoms with Crippen molar-refractivity contribution in [3.8, 4) is 5.75 Å². The minimum Gasteiger partial charge on any atom is -0.406 e. The predicted molar refractivity (Wildman–Crippen MR) is 121 cm³/mol. The molecule has 1 aromatic rings. The van der Waals surface area contributed by atoms with Gasteiger partial charge in [0.25, 0.3) is 5.91 Å². The van der Waals surface area contributed by atoms with E-state index in [0.717, 1.165) is 29.2 Å². The third-order valence-corrected chi connectivity index (χ3v) is 6.98. The van der Waals surface area contributed by atoms with E-state index in [1.165, 1.54) is 4.90 Å². The van der Waals surface area contributed by atoms with Crippen LogP contribution in [0.2, 0.25) is 0 Å². The van der Waals surface area contributed by atoms with E-state index in [0.29, 0.717) is 0 Å². The molecule has 14 nitrogen and oxygen atoms in total. The molecule has 0 aliphatic carbocycles. The van der Waals surface area contributed by atoms with Crippen molar-refractivity contribution in [2.45, 2.75) is 48.8 Å². The number of alkyl halides is 3. The van der Waals surface area contributed by atoms with Gasteiger partial charge in [0.15, 0.2) is 17.6 Å². The third kappa shape index (κ3) is 3.94. The van der Waals surface area contributed by atoms with Crippen LogP contribution in [0.3, 0.4) is 0 Å². The van der Waals surface area contributed by atoms with Crippen molar-refractivity contribution in [1.82, 2.24) is 20.4 Å². The molecule has 4 heterocycles. The summed E-state index contributed by atoms with van der Waals surface area (Å²) in [5.74, 6) is -5.35. The Morgan fingerprint density at radius 1 is 1.16 bits per heavy atom. The number of nitrogens with two attached hydrogens (primary N) is 2. The Kier molecular flexibility index (Phi) is 5.68. The first-order valence-corrected chi connectivity index (χ1v) is 11.4. The summed E-state index contributed by atoms with van der Waals surface area (Å²) in [6.07, 6.45) is -4.83. The van der Waals surface area contributed by atoms with Crippen LogP contribution >= 0.6 is 0 Å². The molecular weight excluding hydrogens is 517 g/mol. The molecule has 4 atom stereocenters. The lowest BCUT2D eigenvalue weighted by Gasteiger charge is -2.49. The quantitative estimate of drug-likeness (QED) is 0.171. The molecular formula is C21H23F3N8O6. The highest BCUT2D eigenvalue weighted by molar-refractivity contribution is 6.02. The first-order chi connectivity index (χ1) is 17.7. The largest absolute Gasteiger partial charge is 0.573 e. The smallest absolute Gasteiger partial charge is 0.406 e. The number of imide groups is 1. The summed E-state index contributed by atoms with van der Waals surface area (Å²) in [6.45, 7) is -0.500. The lowest BCUT2D eigenvalue weighted by molar-refractivity contribution is -0.274. The Morgan fingerprint density at radius 2 is 1.79 bits per heavy atom. The van der Waals surface area contributed by atoms with Crippen molar-refractivity contribution >= 4 is 29.6 Å². The van der Waals surface area contributed by atoms with Crippen molar-refractivity contribution in [2.24, 2.45) is 21.5 Å². The molecule has 4 aliphatic rings. The first-order valence-electron chi connectivity index (χ1n) is 11.4. The Labute approximate surface area is 212 Å². The number of aliphatic hydroxyl groups is 2. The molecule has 1 aromatic carbocycles. The zero-order valence-electron chi connectivity index (χ0n) is 19.5. The number of guanidine groups is 2. The predicted octanol–water partition coefficient (Wildman–Crippen LogP) is -2.49. The maximum Gasteiger partial charge on any atom is 0.573 e. The summed E-state index contributed by atoms with van der Waals surface area (Å²) in [7, 11) is 0. The number of nitrogens with one attached hydrogen (secondary N) is 2. The molecule has 0 saturated carbocycles. The standard InChI is InChI=1S/C21H23F3N8O6/c22-21(23,24)38-10-3-1-9(2-4-10)16(35)28-12-8-32-18(26)27-11(7-31-13(33)5-6-14(31)34)15-19(32,20(12,36)37)30-17(25)29-15/h1-4,11-12,15,36-37H,5-8H2,(H2,26,27)(H,28,35)(H3,25,29,30)/t11?,12-,15-,19-/m0/s1. The van der Waals surface area contributed by atoms with E-state index in [1.807, 2.05) is 0 Å². The van der Waals surface area contributed by atoms with Crippen LogP contribution in [-0.4, -0.2) is 98.7 Å². The van der Waals surface area contributed by atoms with Gasteiger partial charge in [0.05, 0.1) is 12.6 Å². The number of halogens is 3. The average molecular weight is 540 g/mol. The van der Waals surface area contributed by atoms with Crippen molar-refractivity contribution in [3.05, 3.63) is 29.8 Å². The van der Waals surface area contributed by atoms with Crippen molar-refractivity contribution in [1.29, 1.82) is 0 Å². The van der Waals surface area contributed by atoms with Crippen LogP contribution in [0.5, 0.6) is 5.75 Å². The molecule has 2 fully saturated rings. The van der Waals surface area contributed by atoms with Crippen LogP contribution in [0.1, 0.15) is 23.2 Å². The monoisotopic (exact) mass is 540 g/mol. The fourth-order valence-corrected chi connectivity index (χ4v) is 5.30. The second-order valence-corrected chi connectivity index (χ2v) is 9.24. The van der Waals surface area contributed by atoms with Crippen LogP contribution in [0.25, 0.3) is 0 Å². The zero-order chi connectivity index (χ0) is 27.6. The summed E-state index contributed by atoms with van der Waals surface area (Å²) in [5.41, 5.74) is 10.1. The maximum absolute atomic E-state index is 12.9. The topological polar surface area (TPSA) is 208 Å². The molecule has 1 spiro atoms. The molecule has 3 amide bonds. The van der Waals surface area contributed by atoms with Gasteiger partial charge in [-0.2, -0.15) is 0 Å². The summed E-state index contributed by atoms with van der Waals surface area (Å²) in [6, 6.07) is 0.473. The number of carbonyl (C=O) groups is 3. The first kappa shape index (κ1) is 25.5. The van der Waals surface area contributed by atoms with Crippen LogP contribution in [-0.2, 0) is 9.59 Å². The number of hydrogen-bond acceptors (Lipinski definition) is 12. The third-order valence-electron chi connectivity index (χ3n) is 6.98. The number of hydrogen-bond donors (Lipinski definition) is 6. The number of amides is 3. The van der Waals surface area contributed by atoms with Crippen molar-refractivity contribution < 1.29 is 42.5 Å². The minimum atomic E-state index is -4.91. The van der Waals surface area contributed by atoms with E-state index >= 15 is 0 Å². The number of ether oxygens (including phenoxy) is 1. The molecule has 8 N–H and O–H groups in total. The Morgan fingerprint density at radius 3 is 2.39 bits per heavy atom. The van der Waals surface area contributed by atoms with Crippen LogP contribution in [0.4, 0.5) is 13.2 Å². The Balaban J connectivity index is 1.39. The SMILES string of the molecule is NC1=N[C@H]2C(CN3C(=O)CCC3=O)N=C(N)N3C[C@H](NC(=O)c4ccc(OC(F)(F)F)cc4)C(O)(O)[C@]23N1. The van der Waals surface area contributed by atoms with Gasteiger partial charge < -0.3 is 42.0 Å². The van der Waals surface area contributed by atoms with Gasteiger partial charge in [-0.1, -0.05) is 0 Å². The number of carbonyl (C=O) groups excluding carboxylic acids is 3. The summed E-state index contributed by atoms with van der Waals surface area (Å²) in [4.78, 5) is 48.1. The number of aliphatic imine (C=N–C) groups is 2. The van der Waals surface area contributed by atoms with Gasteiger partial charge in [0.1, 0.15) is 17.8 Å². The second-order valence-electron chi connectivity index (χ2n) is 9.24. The molecule has 38 heavy (non-hydrogen) atoms. The fourth-order valence-electron chi connectivity index (χ4n) is 5.30. The number of nitrogens with zero attached hydrogens (tertiary/aromatic N) is 4.